The maximum absolute atomic E-state index is 13.3. The normalized spacial score (nSPS) is 18.2. The van der Waals surface area contributed by atoms with Gasteiger partial charge in [-0.15, -0.1) is 12.4 Å². The van der Waals surface area contributed by atoms with Crippen LogP contribution >= 0.6 is 12.4 Å². The molecule has 25 heavy (non-hydrogen) atoms. The van der Waals surface area contributed by atoms with E-state index in [2.05, 4.69) is 10.3 Å². The van der Waals surface area contributed by atoms with Crippen LogP contribution in [0.25, 0.3) is 0 Å². The second kappa shape index (κ2) is 8.67. The van der Waals surface area contributed by atoms with Crippen molar-refractivity contribution in [2.75, 3.05) is 32.7 Å². The molecule has 1 atom stereocenters. The molecule has 146 valence electrons. The fourth-order valence-corrected chi connectivity index (χ4v) is 3.42. The summed E-state index contributed by atoms with van der Waals surface area (Å²) in [6.07, 6.45) is -1.87. The number of hydrogen-bond donors (Lipinski definition) is 2. The lowest BCUT2D eigenvalue weighted by atomic mass is 10.2. The third-order valence-electron chi connectivity index (χ3n) is 3.89. The van der Waals surface area contributed by atoms with E-state index in [1.165, 1.54) is 17.4 Å². The standard InChI is InChI=1S/C13H22F3N5O2S.ClH/c1-10(2)21-8-12(18-9-21)24(22,23)19-7-11(13(14,15)16)20-5-3-17-4-6-20;/h8-11,17,19H,3-7H2,1-2H3;1H. The topological polar surface area (TPSA) is 79.3 Å². The zero-order chi connectivity index (χ0) is 18.0. The molecule has 0 radical (unpaired) electrons. The van der Waals surface area contributed by atoms with Crippen LogP contribution in [-0.2, 0) is 10.0 Å². The summed E-state index contributed by atoms with van der Waals surface area (Å²) in [6, 6.07) is -1.85. The van der Waals surface area contributed by atoms with Crippen LogP contribution < -0.4 is 10.0 Å². The summed E-state index contributed by atoms with van der Waals surface area (Å²) in [5.41, 5.74) is 0. The molecule has 0 aliphatic carbocycles. The highest BCUT2D eigenvalue weighted by atomic mass is 35.5. The van der Waals surface area contributed by atoms with Crippen molar-refractivity contribution in [3.63, 3.8) is 0 Å². The number of halogens is 4. The van der Waals surface area contributed by atoms with Gasteiger partial charge < -0.3 is 9.88 Å². The zero-order valence-electron chi connectivity index (χ0n) is 14.0. The second-order valence-electron chi connectivity index (χ2n) is 5.95. The number of piperazine rings is 1. The Morgan fingerprint density at radius 3 is 2.40 bits per heavy atom. The molecule has 0 bridgehead atoms. The first-order valence-electron chi connectivity index (χ1n) is 7.66. The van der Waals surface area contributed by atoms with E-state index in [-0.39, 0.29) is 36.6 Å². The molecule has 0 aromatic carbocycles. The van der Waals surface area contributed by atoms with E-state index < -0.39 is 28.8 Å². The molecular formula is C13H23ClF3N5O2S. The van der Waals surface area contributed by atoms with Crippen LogP contribution in [0.15, 0.2) is 17.6 Å². The van der Waals surface area contributed by atoms with Crippen molar-refractivity contribution in [2.45, 2.75) is 37.1 Å². The fraction of sp³-hybridized carbons (Fsp3) is 0.769. The zero-order valence-corrected chi connectivity index (χ0v) is 15.6. The Hall–Kier alpha value is -0.880. The first-order chi connectivity index (χ1) is 11.1. The van der Waals surface area contributed by atoms with Gasteiger partial charge in [0.1, 0.15) is 6.04 Å². The maximum Gasteiger partial charge on any atom is 0.405 e. The first kappa shape index (κ1) is 22.2. The van der Waals surface area contributed by atoms with Gasteiger partial charge in [0.25, 0.3) is 10.0 Å². The molecule has 2 N–H and O–H groups in total. The van der Waals surface area contributed by atoms with E-state index in [9.17, 15) is 21.6 Å². The van der Waals surface area contributed by atoms with Crippen LogP contribution in [-0.4, -0.2) is 67.8 Å². The Morgan fingerprint density at radius 2 is 1.92 bits per heavy atom. The minimum Gasteiger partial charge on any atom is -0.334 e. The van der Waals surface area contributed by atoms with Gasteiger partial charge in [-0.1, -0.05) is 0 Å². The maximum atomic E-state index is 13.3. The summed E-state index contributed by atoms with van der Waals surface area (Å²) < 4.78 is 67.8. The van der Waals surface area contributed by atoms with Gasteiger partial charge in [0, 0.05) is 45.0 Å². The van der Waals surface area contributed by atoms with Crippen molar-refractivity contribution in [3.05, 3.63) is 12.5 Å². The smallest absolute Gasteiger partial charge is 0.334 e. The summed E-state index contributed by atoms with van der Waals surface area (Å²) in [5, 5.41) is 2.69. The van der Waals surface area contributed by atoms with Gasteiger partial charge in [0.2, 0.25) is 0 Å². The third kappa shape index (κ3) is 5.81. The molecule has 7 nitrogen and oxygen atoms in total. The number of imidazole rings is 1. The highest BCUT2D eigenvalue weighted by Gasteiger charge is 2.44. The van der Waals surface area contributed by atoms with Gasteiger partial charge in [-0.2, -0.15) is 13.2 Å². The lowest BCUT2D eigenvalue weighted by Gasteiger charge is -2.35. The van der Waals surface area contributed by atoms with E-state index in [0.717, 1.165) is 0 Å². The Bertz CT molecular complexity index is 644. The number of hydrogen-bond acceptors (Lipinski definition) is 5. The van der Waals surface area contributed by atoms with E-state index in [0.29, 0.717) is 13.1 Å². The average Bonchev–Trinajstić information content (AvgIpc) is 2.98. The number of nitrogens with zero attached hydrogens (tertiary/aromatic N) is 3. The minimum absolute atomic E-state index is 0. The third-order valence-corrected chi connectivity index (χ3v) is 5.19. The van der Waals surface area contributed by atoms with Gasteiger partial charge in [0.05, 0.1) is 6.33 Å². The van der Waals surface area contributed by atoms with Crippen molar-refractivity contribution in [1.29, 1.82) is 0 Å². The molecule has 0 amide bonds. The molecule has 1 aromatic heterocycles. The lowest BCUT2D eigenvalue weighted by Crippen LogP contribution is -2.57. The number of nitrogens with one attached hydrogen (secondary N) is 2. The van der Waals surface area contributed by atoms with Crippen LogP contribution in [0.5, 0.6) is 0 Å². The van der Waals surface area contributed by atoms with Gasteiger partial charge in [-0.3, -0.25) is 4.90 Å². The quantitative estimate of drug-likeness (QED) is 0.738. The summed E-state index contributed by atoms with van der Waals surface area (Å²) >= 11 is 0. The van der Waals surface area contributed by atoms with Crippen molar-refractivity contribution in [1.82, 2.24) is 24.5 Å². The van der Waals surface area contributed by atoms with E-state index in [1.807, 2.05) is 18.6 Å². The molecular weight excluding hydrogens is 383 g/mol. The molecule has 1 aromatic rings. The monoisotopic (exact) mass is 405 g/mol. The Kier molecular flexibility index (Phi) is 7.69. The Morgan fingerprint density at radius 1 is 1.32 bits per heavy atom. The largest absolute Gasteiger partial charge is 0.405 e. The minimum atomic E-state index is -4.52. The van der Waals surface area contributed by atoms with Crippen molar-refractivity contribution < 1.29 is 21.6 Å². The van der Waals surface area contributed by atoms with Crippen molar-refractivity contribution in [3.8, 4) is 0 Å². The summed E-state index contributed by atoms with van der Waals surface area (Å²) in [4.78, 5) is 5.01. The molecule has 2 rings (SSSR count). The molecule has 1 aliphatic rings. The molecule has 1 unspecified atom stereocenters. The average molecular weight is 406 g/mol. The molecule has 2 heterocycles. The number of rotatable bonds is 6. The highest BCUT2D eigenvalue weighted by molar-refractivity contribution is 7.89. The van der Waals surface area contributed by atoms with Gasteiger partial charge >= 0.3 is 6.18 Å². The Balaban J connectivity index is 0.00000312. The van der Waals surface area contributed by atoms with Gasteiger partial charge in [0.15, 0.2) is 5.03 Å². The predicted molar refractivity (Wildman–Crippen MR) is 89.3 cm³/mol. The summed E-state index contributed by atoms with van der Waals surface area (Å²) in [7, 11) is -4.09. The van der Waals surface area contributed by atoms with Crippen LogP contribution in [0.4, 0.5) is 13.2 Å². The highest BCUT2D eigenvalue weighted by Crippen LogP contribution is 2.25. The van der Waals surface area contributed by atoms with E-state index in [4.69, 9.17) is 0 Å². The van der Waals surface area contributed by atoms with Crippen molar-refractivity contribution in [2.24, 2.45) is 0 Å². The summed E-state index contributed by atoms with van der Waals surface area (Å²) in [6.45, 7) is 4.27. The SMILES string of the molecule is CC(C)n1cnc(S(=O)(=O)NCC(N2CCNCC2)C(F)(F)F)c1.Cl. The van der Waals surface area contributed by atoms with Gasteiger partial charge in [-0.05, 0) is 13.8 Å². The number of alkyl halides is 3. The first-order valence-corrected chi connectivity index (χ1v) is 9.14. The number of aromatic nitrogens is 2. The van der Waals surface area contributed by atoms with Gasteiger partial charge in [-0.25, -0.2) is 18.1 Å². The van der Waals surface area contributed by atoms with Crippen LogP contribution in [0.1, 0.15) is 19.9 Å². The van der Waals surface area contributed by atoms with Crippen LogP contribution in [0, 0.1) is 0 Å². The number of sulfonamides is 1. The molecule has 0 saturated carbocycles. The van der Waals surface area contributed by atoms with E-state index in [1.54, 1.807) is 4.57 Å². The van der Waals surface area contributed by atoms with Crippen LogP contribution in [0.2, 0.25) is 0 Å². The summed E-state index contributed by atoms with van der Waals surface area (Å²) in [5.74, 6) is 0. The molecule has 1 saturated heterocycles. The molecule has 12 heteroatoms. The van der Waals surface area contributed by atoms with Crippen molar-refractivity contribution >= 4 is 22.4 Å². The molecule has 0 spiro atoms. The second-order valence-corrected chi connectivity index (χ2v) is 7.66. The predicted octanol–water partition coefficient (Wildman–Crippen LogP) is 1.00. The lowest BCUT2D eigenvalue weighted by molar-refractivity contribution is -0.182. The van der Waals surface area contributed by atoms with Crippen LogP contribution in [0.3, 0.4) is 0 Å². The fourth-order valence-electron chi connectivity index (χ4n) is 2.45. The molecule has 1 aliphatic heterocycles. The van der Waals surface area contributed by atoms with E-state index >= 15 is 0 Å². The molecule has 1 fully saturated rings. The Labute approximate surface area is 151 Å².